The fraction of sp³-hybridized carbons (Fsp3) is 0.929. The van der Waals surface area contributed by atoms with Gasteiger partial charge in [0.15, 0.2) is 6.29 Å². The molecule has 1 aliphatic heterocycles. The zero-order valence-corrected chi connectivity index (χ0v) is 10.3. The third-order valence-electron chi connectivity index (χ3n) is 4.78. The summed E-state index contributed by atoms with van der Waals surface area (Å²) < 4.78 is 11.8. The normalized spacial score (nSPS) is 44.8. The van der Waals surface area contributed by atoms with Crippen LogP contribution < -0.4 is 0 Å². The average molecular weight is 235 g/mol. The van der Waals surface area contributed by atoms with Crippen LogP contribution in [-0.4, -0.2) is 19.0 Å². The first-order valence-electron chi connectivity index (χ1n) is 7.02. The summed E-state index contributed by atoms with van der Waals surface area (Å²) in [4.78, 5) is 0. The molecule has 0 radical (unpaired) electrons. The van der Waals surface area contributed by atoms with Gasteiger partial charge in [-0.3, -0.25) is 0 Å². The number of rotatable bonds is 3. The molecule has 0 aromatic heterocycles. The van der Waals surface area contributed by atoms with Crippen LogP contribution in [0.4, 0.5) is 0 Å². The predicted molar refractivity (Wildman–Crippen MR) is 63.0 cm³/mol. The maximum atomic E-state index is 8.94. The lowest BCUT2D eigenvalue weighted by Gasteiger charge is -2.34. The Bertz CT molecular complexity index is 306. The van der Waals surface area contributed by atoms with Gasteiger partial charge in [0.25, 0.3) is 0 Å². The molecule has 2 bridgehead atoms. The topological polar surface area (TPSA) is 42.2 Å². The molecule has 0 aromatic rings. The van der Waals surface area contributed by atoms with Gasteiger partial charge in [0.1, 0.15) is 0 Å². The van der Waals surface area contributed by atoms with E-state index >= 15 is 0 Å². The van der Waals surface area contributed by atoms with E-state index in [4.69, 9.17) is 14.7 Å². The standard InChI is InChI=1S/C14H21NO2/c15-7-6-12-10-4-5-11(9-10)14(12)17-13-3-1-2-8-16-13/h10-14H,1-6,8-9H2/t10-,11+,12-,13?,14+/m1/s1. The summed E-state index contributed by atoms with van der Waals surface area (Å²) in [5.41, 5.74) is 0. The first-order chi connectivity index (χ1) is 8.38. The summed E-state index contributed by atoms with van der Waals surface area (Å²) in [5, 5.41) is 8.94. The van der Waals surface area contributed by atoms with E-state index in [1.54, 1.807) is 0 Å². The van der Waals surface area contributed by atoms with Crippen LogP contribution in [0.2, 0.25) is 0 Å². The second kappa shape index (κ2) is 4.96. The van der Waals surface area contributed by atoms with E-state index in [0.717, 1.165) is 25.4 Å². The van der Waals surface area contributed by atoms with Crippen LogP contribution in [0.25, 0.3) is 0 Å². The van der Waals surface area contributed by atoms with Crippen LogP contribution in [0.3, 0.4) is 0 Å². The number of ether oxygens (including phenoxy) is 2. The molecule has 0 N–H and O–H groups in total. The van der Waals surface area contributed by atoms with Crippen LogP contribution in [0.5, 0.6) is 0 Å². The molecule has 5 atom stereocenters. The summed E-state index contributed by atoms with van der Waals surface area (Å²) >= 11 is 0. The van der Waals surface area contributed by atoms with E-state index in [0.29, 0.717) is 24.4 Å². The van der Waals surface area contributed by atoms with Crippen molar-refractivity contribution in [3.05, 3.63) is 0 Å². The van der Waals surface area contributed by atoms with Gasteiger partial charge in [0.2, 0.25) is 0 Å². The van der Waals surface area contributed by atoms with Gasteiger partial charge < -0.3 is 9.47 Å². The van der Waals surface area contributed by atoms with Crippen molar-refractivity contribution in [1.29, 1.82) is 5.26 Å². The smallest absolute Gasteiger partial charge is 0.157 e. The fourth-order valence-electron chi connectivity index (χ4n) is 3.95. The Balaban J connectivity index is 1.62. The number of hydrogen-bond acceptors (Lipinski definition) is 3. The fourth-order valence-corrected chi connectivity index (χ4v) is 3.95. The van der Waals surface area contributed by atoms with E-state index in [1.807, 2.05) is 0 Å². The lowest BCUT2D eigenvalue weighted by atomic mass is 9.84. The third-order valence-corrected chi connectivity index (χ3v) is 4.78. The third kappa shape index (κ3) is 2.21. The maximum absolute atomic E-state index is 8.94. The number of nitrogens with zero attached hydrogens (tertiary/aromatic N) is 1. The van der Waals surface area contributed by atoms with E-state index in [-0.39, 0.29) is 6.29 Å². The molecule has 1 saturated heterocycles. The van der Waals surface area contributed by atoms with Crippen LogP contribution in [-0.2, 0) is 9.47 Å². The van der Waals surface area contributed by atoms with Crippen molar-refractivity contribution in [1.82, 2.24) is 0 Å². The summed E-state index contributed by atoms with van der Waals surface area (Å²) in [6.45, 7) is 0.842. The van der Waals surface area contributed by atoms with Gasteiger partial charge in [-0.05, 0) is 50.4 Å². The van der Waals surface area contributed by atoms with E-state index in [9.17, 15) is 0 Å². The molecule has 1 unspecified atom stereocenters. The molecule has 0 spiro atoms. The van der Waals surface area contributed by atoms with Crippen molar-refractivity contribution < 1.29 is 9.47 Å². The number of hydrogen-bond donors (Lipinski definition) is 0. The quantitative estimate of drug-likeness (QED) is 0.755. The second-order valence-corrected chi connectivity index (χ2v) is 5.76. The van der Waals surface area contributed by atoms with E-state index in [2.05, 4.69) is 6.07 Å². The Hall–Kier alpha value is -0.590. The van der Waals surface area contributed by atoms with Crippen molar-refractivity contribution in [2.75, 3.05) is 6.61 Å². The highest BCUT2D eigenvalue weighted by molar-refractivity contribution is 5.00. The molecule has 3 fully saturated rings. The van der Waals surface area contributed by atoms with Gasteiger partial charge in [0.05, 0.1) is 12.2 Å². The monoisotopic (exact) mass is 235 g/mol. The molecule has 2 aliphatic carbocycles. The average Bonchev–Trinajstić information content (AvgIpc) is 2.94. The van der Waals surface area contributed by atoms with Crippen molar-refractivity contribution in [2.24, 2.45) is 17.8 Å². The van der Waals surface area contributed by atoms with Crippen LogP contribution in [0.15, 0.2) is 0 Å². The summed E-state index contributed by atoms with van der Waals surface area (Å²) in [5.74, 6) is 1.92. The number of nitriles is 1. The summed E-state index contributed by atoms with van der Waals surface area (Å²) in [6, 6.07) is 2.34. The molecule has 3 aliphatic rings. The lowest BCUT2D eigenvalue weighted by Crippen LogP contribution is -2.36. The first-order valence-corrected chi connectivity index (χ1v) is 7.02. The highest BCUT2D eigenvalue weighted by atomic mass is 16.7. The molecular weight excluding hydrogens is 214 g/mol. The van der Waals surface area contributed by atoms with Gasteiger partial charge in [-0.2, -0.15) is 5.26 Å². The molecule has 17 heavy (non-hydrogen) atoms. The zero-order valence-electron chi connectivity index (χ0n) is 10.3. The first kappa shape index (κ1) is 11.5. The Kier molecular flexibility index (Phi) is 3.35. The summed E-state index contributed by atoms with van der Waals surface area (Å²) in [6.07, 6.45) is 8.28. The van der Waals surface area contributed by atoms with Crippen LogP contribution in [0.1, 0.15) is 44.9 Å². The minimum absolute atomic E-state index is 0.00860. The molecule has 0 amide bonds. The Morgan fingerprint density at radius 2 is 2.06 bits per heavy atom. The van der Waals surface area contributed by atoms with Crippen molar-refractivity contribution >= 4 is 0 Å². The minimum atomic E-state index is 0.00860. The Morgan fingerprint density at radius 1 is 1.18 bits per heavy atom. The minimum Gasteiger partial charge on any atom is -0.353 e. The maximum Gasteiger partial charge on any atom is 0.157 e. The SMILES string of the molecule is N#CC[C@@H]1[C@@H]2CC[C@@H](C2)[C@@H]1OC1CCCCO1. The van der Waals surface area contributed by atoms with Gasteiger partial charge in [-0.1, -0.05) is 0 Å². The predicted octanol–water partition coefficient (Wildman–Crippen LogP) is 2.86. The molecule has 1 heterocycles. The lowest BCUT2D eigenvalue weighted by molar-refractivity contribution is -0.206. The van der Waals surface area contributed by atoms with Gasteiger partial charge in [-0.25, -0.2) is 0 Å². The molecule has 0 aromatic carbocycles. The van der Waals surface area contributed by atoms with E-state index < -0.39 is 0 Å². The van der Waals surface area contributed by atoms with Gasteiger partial charge in [0, 0.05) is 18.9 Å². The van der Waals surface area contributed by atoms with Crippen molar-refractivity contribution in [3.8, 4) is 6.07 Å². The highest BCUT2D eigenvalue weighted by Gasteiger charge is 2.48. The zero-order chi connectivity index (χ0) is 11.7. The van der Waals surface area contributed by atoms with Crippen LogP contribution >= 0.6 is 0 Å². The van der Waals surface area contributed by atoms with Crippen LogP contribution in [0, 0.1) is 29.1 Å². The van der Waals surface area contributed by atoms with Crippen molar-refractivity contribution in [3.63, 3.8) is 0 Å². The second-order valence-electron chi connectivity index (χ2n) is 5.76. The molecular formula is C14H21NO2. The Labute approximate surface area is 103 Å². The largest absolute Gasteiger partial charge is 0.353 e. The Morgan fingerprint density at radius 3 is 2.82 bits per heavy atom. The molecule has 94 valence electrons. The molecule has 3 rings (SSSR count). The molecule has 3 nitrogen and oxygen atoms in total. The molecule has 3 heteroatoms. The van der Waals surface area contributed by atoms with Gasteiger partial charge in [-0.15, -0.1) is 0 Å². The van der Waals surface area contributed by atoms with Gasteiger partial charge >= 0.3 is 0 Å². The molecule has 2 saturated carbocycles. The number of fused-ring (bicyclic) bond motifs is 2. The van der Waals surface area contributed by atoms with E-state index in [1.165, 1.54) is 25.7 Å². The summed E-state index contributed by atoms with van der Waals surface area (Å²) in [7, 11) is 0. The van der Waals surface area contributed by atoms with Crippen molar-refractivity contribution in [2.45, 2.75) is 57.3 Å². The highest BCUT2D eigenvalue weighted by Crippen LogP contribution is 2.51.